The molecule has 1 saturated carbocycles. The summed E-state index contributed by atoms with van der Waals surface area (Å²) in [6, 6.07) is 10.2. The second-order valence-electron chi connectivity index (χ2n) is 7.15. The molecule has 2 fully saturated rings. The average Bonchev–Trinajstić information content (AvgIpc) is 3.26. The highest BCUT2D eigenvalue weighted by molar-refractivity contribution is 5.80. The van der Waals surface area contributed by atoms with E-state index in [9.17, 15) is 0 Å². The van der Waals surface area contributed by atoms with Gasteiger partial charge in [-0.3, -0.25) is 4.57 Å². The van der Waals surface area contributed by atoms with Crippen LogP contribution in [-0.2, 0) is 6.54 Å². The number of nitrogens with one attached hydrogen (secondary N) is 1. The summed E-state index contributed by atoms with van der Waals surface area (Å²) in [5, 5.41) is 11.8. The van der Waals surface area contributed by atoms with Crippen LogP contribution >= 0.6 is 0 Å². The van der Waals surface area contributed by atoms with Crippen molar-refractivity contribution in [1.82, 2.24) is 25.0 Å². The molecule has 0 unspecified atom stereocenters. The first-order valence-electron chi connectivity index (χ1n) is 9.27. The van der Waals surface area contributed by atoms with Gasteiger partial charge >= 0.3 is 0 Å². The molecule has 0 radical (unpaired) electrons. The number of hydrogen-bond donors (Lipinski definition) is 1. The molecule has 25 heavy (non-hydrogen) atoms. The predicted octanol–water partition coefficient (Wildman–Crippen LogP) is 2.61. The topological polar surface area (TPSA) is 58.3 Å². The molecule has 1 aromatic carbocycles. The fourth-order valence-electron chi connectivity index (χ4n) is 3.94. The van der Waals surface area contributed by atoms with Gasteiger partial charge in [-0.2, -0.15) is 0 Å². The summed E-state index contributed by atoms with van der Waals surface area (Å²) < 4.78 is 2.00. The lowest BCUT2D eigenvalue weighted by Crippen LogP contribution is -2.42. The largest absolute Gasteiger partial charge is 0.357 e. The van der Waals surface area contributed by atoms with Gasteiger partial charge in [-0.05, 0) is 43.7 Å². The molecule has 2 aliphatic rings. The molecule has 0 bridgehead atoms. The lowest BCUT2D eigenvalue weighted by Gasteiger charge is -2.38. The molecule has 1 spiro atoms. The maximum atomic E-state index is 4.86. The monoisotopic (exact) mass is 338 g/mol. The van der Waals surface area contributed by atoms with Crippen LogP contribution in [0.15, 0.2) is 41.7 Å². The van der Waals surface area contributed by atoms with Crippen molar-refractivity contribution in [2.45, 2.75) is 39.2 Å². The molecule has 0 amide bonds. The fourth-order valence-corrected chi connectivity index (χ4v) is 3.94. The van der Waals surface area contributed by atoms with E-state index in [1.807, 2.05) is 22.8 Å². The van der Waals surface area contributed by atoms with Crippen LogP contribution in [0, 0.1) is 5.41 Å². The molecular weight excluding hydrogens is 312 g/mol. The van der Waals surface area contributed by atoms with Crippen molar-refractivity contribution in [3.05, 3.63) is 42.5 Å². The Labute approximate surface area is 149 Å². The van der Waals surface area contributed by atoms with E-state index >= 15 is 0 Å². The smallest absolute Gasteiger partial charge is 0.194 e. The summed E-state index contributed by atoms with van der Waals surface area (Å²) in [4.78, 5) is 7.28. The average molecular weight is 338 g/mol. The highest BCUT2D eigenvalue weighted by atomic mass is 15.3. The Bertz CT molecular complexity index is 731. The molecular formula is C19H26N6. The quantitative estimate of drug-likeness (QED) is 0.688. The van der Waals surface area contributed by atoms with Crippen LogP contribution in [0.2, 0.25) is 0 Å². The SMILES string of the molecule is CCNC(=NCc1nncn1-c1ccccc1)N1CCC2(CCC2)C1. The molecule has 2 aromatic rings. The van der Waals surface area contributed by atoms with Gasteiger partial charge in [-0.1, -0.05) is 24.6 Å². The molecule has 1 N–H and O–H groups in total. The van der Waals surface area contributed by atoms with E-state index in [1.165, 1.54) is 25.7 Å². The number of aliphatic imine (C=N–C) groups is 1. The first kappa shape index (κ1) is 16.1. The Balaban J connectivity index is 1.50. The molecule has 4 rings (SSSR count). The number of rotatable bonds is 4. The minimum absolute atomic E-state index is 0.528. The van der Waals surface area contributed by atoms with Crippen LogP contribution in [0.25, 0.3) is 5.69 Å². The zero-order chi connectivity index (χ0) is 17.1. The lowest BCUT2D eigenvalue weighted by atomic mass is 9.68. The van der Waals surface area contributed by atoms with Gasteiger partial charge in [-0.25, -0.2) is 4.99 Å². The van der Waals surface area contributed by atoms with Crippen LogP contribution in [0.3, 0.4) is 0 Å². The van der Waals surface area contributed by atoms with Gasteiger partial charge in [0.15, 0.2) is 11.8 Å². The highest BCUT2D eigenvalue weighted by Gasteiger charge is 2.43. The number of hydrogen-bond acceptors (Lipinski definition) is 3. The van der Waals surface area contributed by atoms with Crippen molar-refractivity contribution in [1.29, 1.82) is 0 Å². The standard InChI is InChI=1S/C19H26N6/c1-2-20-18(24-12-11-19(14-24)9-6-10-19)21-13-17-23-22-15-25(17)16-7-4-3-5-8-16/h3-5,7-8,15H,2,6,9-14H2,1H3,(H,20,21). The van der Waals surface area contributed by atoms with E-state index in [0.717, 1.165) is 37.1 Å². The van der Waals surface area contributed by atoms with Crippen molar-refractivity contribution < 1.29 is 0 Å². The zero-order valence-electron chi connectivity index (χ0n) is 14.9. The van der Waals surface area contributed by atoms with E-state index in [2.05, 4.69) is 39.5 Å². The predicted molar refractivity (Wildman–Crippen MR) is 98.6 cm³/mol. The van der Waals surface area contributed by atoms with E-state index in [-0.39, 0.29) is 0 Å². The van der Waals surface area contributed by atoms with Gasteiger partial charge in [-0.15, -0.1) is 10.2 Å². The lowest BCUT2D eigenvalue weighted by molar-refractivity contribution is 0.151. The molecule has 1 saturated heterocycles. The van der Waals surface area contributed by atoms with Crippen molar-refractivity contribution in [2.75, 3.05) is 19.6 Å². The third-order valence-electron chi connectivity index (χ3n) is 5.51. The Morgan fingerprint density at radius 2 is 2.08 bits per heavy atom. The first-order chi connectivity index (χ1) is 12.3. The second-order valence-corrected chi connectivity index (χ2v) is 7.15. The maximum absolute atomic E-state index is 4.86. The van der Waals surface area contributed by atoms with Gasteiger partial charge in [0.1, 0.15) is 12.9 Å². The molecule has 1 aliphatic heterocycles. The van der Waals surface area contributed by atoms with Crippen LogP contribution in [0.1, 0.15) is 38.4 Å². The molecule has 0 atom stereocenters. The minimum atomic E-state index is 0.528. The zero-order valence-corrected chi connectivity index (χ0v) is 14.9. The summed E-state index contributed by atoms with van der Waals surface area (Å²) >= 11 is 0. The number of aromatic nitrogens is 3. The summed E-state index contributed by atoms with van der Waals surface area (Å²) in [5.41, 5.74) is 1.64. The second kappa shape index (κ2) is 6.86. The maximum Gasteiger partial charge on any atom is 0.194 e. The van der Waals surface area contributed by atoms with E-state index in [4.69, 9.17) is 4.99 Å². The van der Waals surface area contributed by atoms with Crippen molar-refractivity contribution in [3.63, 3.8) is 0 Å². The third-order valence-corrected chi connectivity index (χ3v) is 5.51. The van der Waals surface area contributed by atoms with Gasteiger partial charge in [0, 0.05) is 25.3 Å². The Morgan fingerprint density at radius 3 is 2.76 bits per heavy atom. The third kappa shape index (κ3) is 3.25. The minimum Gasteiger partial charge on any atom is -0.357 e. The molecule has 2 heterocycles. The van der Waals surface area contributed by atoms with Crippen LogP contribution in [-0.4, -0.2) is 45.3 Å². The Morgan fingerprint density at radius 1 is 1.24 bits per heavy atom. The first-order valence-corrected chi connectivity index (χ1v) is 9.27. The normalized spacial score (nSPS) is 19.2. The highest BCUT2D eigenvalue weighted by Crippen LogP contribution is 2.47. The van der Waals surface area contributed by atoms with Gasteiger partial charge < -0.3 is 10.2 Å². The molecule has 1 aromatic heterocycles. The number of benzene rings is 1. The number of nitrogens with zero attached hydrogens (tertiary/aromatic N) is 5. The van der Waals surface area contributed by atoms with Gasteiger partial charge in [0.05, 0.1) is 0 Å². The van der Waals surface area contributed by atoms with Crippen LogP contribution in [0.5, 0.6) is 0 Å². The van der Waals surface area contributed by atoms with Crippen molar-refractivity contribution >= 4 is 5.96 Å². The summed E-state index contributed by atoms with van der Waals surface area (Å²) in [6.45, 7) is 5.78. The van der Waals surface area contributed by atoms with Gasteiger partial charge in [0.2, 0.25) is 0 Å². The molecule has 6 heteroatoms. The van der Waals surface area contributed by atoms with Crippen molar-refractivity contribution in [2.24, 2.45) is 10.4 Å². The van der Waals surface area contributed by atoms with E-state index < -0.39 is 0 Å². The molecule has 6 nitrogen and oxygen atoms in total. The summed E-state index contributed by atoms with van der Waals surface area (Å²) in [6.07, 6.45) is 7.21. The Kier molecular flexibility index (Phi) is 4.42. The summed E-state index contributed by atoms with van der Waals surface area (Å²) in [5.74, 6) is 1.87. The van der Waals surface area contributed by atoms with E-state index in [0.29, 0.717) is 12.0 Å². The number of guanidine groups is 1. The fraction of sp³-hybridized carbons (Fsp3) is 0.526. The molecule has 1 aliphatic carbocycles. The molecule has 132 valence electrons. The van der Waals surface area contributed by atoms with E-state index in [1.54, 1.807) is 6.33 Å². The summed E-state index contributed by atoms with van der Waals surface area (Å²) in [7, 11) is 0. The van der Waals surface area contributed by atoms with Crippen LogP contribution in [0.4, 0.5) is 0 Å². The Hall–Kier alpha value is -2.37. The number of para-hydroxylation sites is 1. The van der Waals surface area contributed by atoms with Crippen molar-refractivity contribution in [3.8, 4) is 5.69 Å². The van der Waals surface area contributed by atoms with Crippen LogP contribution < -0.4 is 5.32 Å². The van der Waals surface area contributed by atoms with Gasteiger partial charge in [0.25, 0.3) is 0 Å². The number of likely N-dealkylation sites (tertiary alicyclic amines) is 1.